The summed E-state index contributed by atoms with van der Waals surface area (Å²) in [6.07, 6.45) is 0. The smallest absolute Gasteiger partial charge is 0.870 e. The van der Waals surface area contributed by atoms with E-state index in [0.717, 1.165) is 0 Å². The van der Waals surface area contributed by atoms with Gasteiger partial charge in [-0.1, -0.05) is 0 Å². The Kier molecular flexibility index (Phi) is 17200000. The minimum atomic E-state index is 0. The number of rotatable bonds is 0. The minimum absolute atomic E-state index is 0. The molecule has 0 saturated heterocycles. The predicted molar refractivity (Wildman–Crippen MR) is 30.8 cm³/mol. The molecule has 0 aromatic carbocycles. The summed E-state index contributed by atoms with van der Waals surface area (Å²) in [6, 6.07) is 0. The molecule has 10 heavy (non-hydrogen) atoms. The molecule has 0 aliphatic heterocycles. The molecule has 17 N–H and O–H groups in total. The van der Waals surface area contributed by atoms with Crippen molar-refractivity contribution in [3.05, 3.63) is 0 Å². The Bertz CT molecular complexity index is 4.69. The van der Waals surface area contributed by atoms with Crippen LogP contribution in [0.25, 0.3) is 0 Å². The predicted octanol–water partition coefficient (Wildman–Crippen LogP) is -9.77. The van der Waals surface area contributed by atoms with Gasteiger partial charge in [-0.15, -0.1) is 0 Å². The van der Waals surface area contributed by atoms with Gasteiger partial charge in [0.05, 0.1) is 0 Å². The Hall–Kier alpha value is 0.237. The van der Waals surface area contributed by atoms with Crippen LogP contribution < -0.4 is 18.9 Å². The quantitative estimate of drug-likeness (QED) is 0.312. The Morgan fingerprint density at radius 2 is 0.300 bits per heavy atom. The number of hydrogen-bond donors (Lipinski definition) is 0. The first kappa shape index (κ1) is 15500. The second-order valence-electron chi connectivity index (χ2n) is 0. The molecule has 0 bridgehead atoms. The van der Waals surface area contributed by atoms with E-state index in [-0.39, 0.29) is 68.1 Å². The molecule has 0 fully saturated rings. The first-order valence-electron chi connectivity index (χ1n) is 0. The zero-order chi connectivity index (χ0) is 0. The zero-order valence-electron chi connectivity index (χ0n) is 5.45. The van der Waals surface area contributed by atoms with Crippen molar-refractivity contribution in [2.24, 2.45) is 0 Å². The largest absolute Gasteiger partial charge is 1.00 e. The van der Waals surface area contributed by atoms with Crippen LogP contribution in [0.15, 0.2) is 0 Å². The van der Waals surface area contributed by atoms with E-state index in [2.05, 4.69) is 0 Å². The molecule has 0 aromatic heterocycles. The fraction of sp³-hybridized carbons (Fsp3) is 0. The van der Waals surface area contributed by atoms with E-state index < -0.39 is 0 Å². The molecule has 0 unspecified atom stereocenters. The van der Waals surface area contributed by atoms with E-state index in [4.69, 9.17) is 0 Å². The van der Waals surface area contributed by atoms with Crippen LogP contribution in [-0.2, 0) is 0 Å². The van der Waals surface area contributed by atoms with Crippen molar-refractivity contribution in [1.29, 1.82) is 0 Å². The van der Waals surface area contributed by atoms with E-state index >= 15 is 0 Å². The molecule has 0 spiro atoms. The van der Waals surface area contributed by atoms with Crippen molar-refractivity contribution in [2.45, 2.75) is 0 Å². The van der Waals surface area contributed by atoms with Gasteiger partial charge in [0.25, 0.3) is 0 Å². The standard InChI is InChI=1S/Li.9H2O/h;9*1H2/q+1;;;;;;;;;/p-1. The van der Waals surface area contributed by atoms with Gasteiger partial charge in [0.2, 0.25) is 0 Å². The molecule has 0 atom stereocenters. The van der Waals surface area contributed by atoms with Crippen molar-refractivity contribution >= 4 is 0 Å². The van der Waals surface area contributed by atoms with Gasteiger partial charge in [0.1, 0.15) is 0 Å². The minimum Gasteiger partial charge on any atom is -0.870 e. The van der Waals surface area contributed by atoms with Crippen LogP contribution in [0.2, 0.25) is 0 Å². The summed E-state index contributed by atoms with van der Waals surface area (Å²) in [6.45, 7) is 0. The third kappa shape index (κ3) is 7660. The van der Waals surface area contributed by atoms with Gasteiger partial charge in [0, 0.05) is 0 Å². The van der Waals surface area contributed by atoms with E-state index in [0.29, 0.717) is 0 Å². The van der Waals surface area contributed by atoms with Crippen LogP contribution in [-0.4, -0.2) is 49.3 Å². The summed E-state index contributed by atoms with van der Waals surface area (Å²) in [4.78, 5) is 0. The van der Waals surface area contributed by atoms with Crippen molar-refractivity contribution in [3.63, 3.8) is 0 Å². The van der Waals surface area contributed by atoms with Crippen molar-refractivity contribution in [1.82, 2.24) is 0 Å². The molecule has 0 radical (unpaired) electrons. The van der Waals surface area contributed by atoms with E-state index in [1.807, 2.05) is 0 Å². The van der Waals surface area contributed by atoms with Crippen LogP contribution in [0.3, 0.4) is 0 Å². The molecule has 9 nitrogen and oxygen atoms in total. The normalized spacial score (nSPS) is 0. The van der Waals surface area contributed by atoms with Gasteiger partial charge in [-0.3, -0.25) is 0 Å². The fourth-order valence-electron chi connectivity index (χ4n) is 0. The Labute approximate surface area is 69.0 Å². The van der Waals surface area contributed by atoms with Crippen LogP contribution >= 0.6 is 0 Å². The molecule has 0 amide bonds. The third-order valence-electron chi connectivity index (χ3n) is 0. The maximum Gasteiger partial charge on any atom is 1.00 e. The Morgan fingerprint density at radius 1 is 0.300 bits per heavy atom. The van der Waals surface area contributed by atoms with Crippen LogP contribution in [0.4, 0.5) is 0 Å². The molecule has 72 valence electrons. The van der Waals surface area contributed by atoms with Crippen LogP contribution in [0.1, 0.15) is 0 Å². The first-order chi connectivity index (χ1) is 0. The van der Waals surface area contributed by atoms with Gasteiger partial charge >= 0.3 is 18.9 Å². The van der Waals surface area contributed by atoms with E-state index in [9.17, 15) is 0 Å². The number of hydrogen-bond acceptors (Lipinski definition) is 1. The topological polar surface area (TPSA) is 282 Å². The van der Waals surface area contributed by atoms with Crippen molar-refractivity contribution in [3.8, 4) is 0 Å². The second-order valence-corrected chi connectivity index (χ2v) is 0. The van der Waals surface area contributed by atoms with E-state index in [1.165, 1.54) is 0 Å². The monoisotopic (exact) mass is 168 g/mol. The summed E-state index contributed by atoms with van der Waals surface area (Å²) in [7, 11) is 0. The molecule has 0 saturated carbocycles. The first-order valence-corrected chi connectivity index (χ1v) is 0. The average molecular weight is 168 g/mol. The average Bonchev–Trinajstić information content (AvgIpc) is 0. The summed E-state index contributed by atoms with van der Waals surface area (Å²) < 4.78 is 0. The summed E-state index contributed by atoms with van der Waals surface area (Å²) in [5, 5.41) is 0. The van der Waals surface area contributed by atoms with Gasteiger partial charge in [-0.2, -0.15) is 0 Å². The second kappa shape index (κ2) is 11100. The van der Waals surface area contributed by atoms with Crippen LogP contribution in [0, 0.1) is 0 Å². The third-order valence-corrected chi connectivity index (χ3v) is 0. The molecule has 0 aliphatic rings. The Morgan fingerprint density at radius 3 is 0.300 bits per heavy atom. The Balaban J connectivity index is 0. The fourth-order valence-corrected chi connectivity index (χ4v) is 0. The molecular formula is H17LiO9. The van der Waals surface area contributed by atoms with Gasteiger partial charge in [-0.05, 0) is 0 Å². The molecule has 10 heteroatoms. The van der Waals surface area contributed by atoms with Crippen LogP contribution in [0.5, 0.6) is 0 Å². The molecule has 0 heterocycles. The zero-order valence-corrected chi connectivity index (χ0v) is 5.45. The van der Waals surface area contributed by atoms with Gasteiger partial charge in [-0.25, -0.2) is 0 Å². The van der Waals surface area contributed by atoms with Gasteiger partial charge < -0.3 is 49.3 Å². The summed E-state index contributed by atoms with van der Waals surface area (Å²) in [5.41, 5.74) is 0. The molecule has 0 aliphatic carbocycles. The maximum atomic E-state index is 0. The summed E-state index contributed by atoms with van der Waals surface area (Å²) in [5.74, 6) is 0. The van der Waals surface area contributed by atoms with Crippen molar-refractivity contribution < 1.29 is 68.1 Å². The molecular weight excluding hydrogens is 151 g/mol. The molecule has 0 rings (SSSR count). The SMILES string of the molecule is O.O.O.O.O.O.O.O.[Li+].[OH-]. The van der Waals surface area contributed by atoms with E-state index in [1.54, 1.807) is 0 Å². The summed E-state index contributed by atoms with van der Waals surface area (Å²) >= 11 is 0. The maximum absolute atomic E-state index is 0. The molecule has 0 aromatic rings. The van der Waals surface area contributed by atoms with Gasteiger partial charge in [0.15, 0.2) is 0 Å². The van der Waals surface area contributed by atoms with Crippen molar-refractivity contribution in [2.75, 3.05) is 0 Å².